The standard InChI is InChI=1S/C30H30N2O5/c1-30(2,3)37-29(34)32-21-10-12-24(32)28-23-11-9-20(15-25(23)36-26(28)16-21)31-14-13-22(17-27(31)33)35-18-19-7-5-4-6-8-19/h4-9,11,13-15,17,21,24H,10,12,16,18H2,1-3H3. The normalized spacial score (nSPS) is 18.6. The molecule has 0 radical (unpaired) electrons. The number of aromatic nitrogens is 1. The Morgan fingerprint density at radius 3 is 2.62 bits per heavy atom. The highest BCUT2D eigenvalue weighted by molar-refractivity contribution is 5.86. The topological polar surface area (TPSA) is 73.9 Å². The van der Waals surface area contributed by atoms with Gasteiger partial charge in [-0.15, -0.1) is 0 Å². The van der Waals surface area contributed by atoms with Crippen molar-refractivity contribution in [1.82, 2.24) is 9.47 Å². The van der Waals surface area contributed by atoms with Crippen LogP contribution in [0, 0.1) is 0 Å². The number of ether oxygens (including phenoxy) is 2. The van der Waals surface area contributed by atoms with Gasteiger partial charge in [0.05, 0.1) is 11.7 Å². The molecule has 2 unspecified atom stereocenters. The summed E-state index contributed by atoms with van der Waals surface area (Å²) in [4.78, 5) is 27.8. The van der Waals surface area contributed by atoms with Crippen molar-refractivity contribution in [3.63, 3.8) is 0 Å². The van der Waals surface area contributed by atoms with Crippen LogP contribution in [-0.2, 0) is 17.8 Å². The second-order valence-corrected chi connectivity index (χ2v) is 10.8. The van der Waals surface area contributed by atoms with Gasteiger partial charge in [0.15, 0.2) is 0 Å². The lowest BCUT2D eigenvalue weighted by molar-refractivity contribution is 0.0119. The zero-order valence-corrected chi connectivity index (χ0v) is 21.3. The van der Waals surface area contributed by atoms with Crippen LogP contribution < -0.4 is 10.3 Å². The molecule has 7 nitrogen and oxygen atoms in total. The summed E-state index contributed by atoms with van der Waals surface area (Å²) in [7, 11) is 0. The summed E-state index contributed by atoms with van der Waals surface area (Å²) in [6.45, 7) is 6.07. The zero-order chi connectivity index (χ0) is 25.7. The number of carbonyl (C=O) groups is 1. The molecule has 2 aromatic carbocycles. The van der Waals surface area contributed by atoms with Crippen molar-refractivity contribution >= 4 is 17.1 Å². The Balaban J connectivity index is 1.27. The van der Waals surface area contributed by atoms with Gasteiger partial charge in [-0.05, 0) is 57.4 Å². The van der Waals surface area contributed by atoms with Crippen molar-refractivity contribution in [2.75, 3.05) is 0 Å². The number of fused-ring (bicyclic) bond motifs is 6. The van der Waals surface area contributed by atoms with Crippen LogP contribution in [-0.4, -0.2) is 27.2 Å². The van der Waals surface area contributed by atoms with E-state index < -0.39 is 5.60 Å². The molecular formula is C30H30N2O5. The minimum absolute atomic E-state index is 0.0560. The number of hydrogen-bond donors (Lipinski definition) is 0. The van der Waals surface area contributed by atoms with E-state index in [0.717, 1.165) is 40.7 Å². The quantitative estimate of drug-likeness (QED) is 0.337. The predicted octanol–water partition coefficient (Wildman–Crippen LogP) is 6.16. The summed E-state index contributed by atoms with van der Waals surface area (Å²) in [6.07, 6.45) is 3.94. The Morgan fingerprint density at radius 2 is 1.86 bits per heavy atom. The largest absolute Gasteiger partial charge is 0.489 e. The van der Waals surface area contributed by atoms with Gasteiger partial charge in [-0.2, -0.15) is 0 Å². The van der Waals surface area contributed by atoms with E-state index in [4.69, 9.17) is 13.9 Å². The molecule has 37 heavy (non-hydrogen) atoms. The van der Waals surface area contributed by atoms with Gasteiger partial charge in [-0.1, -0.05) is 30.3 Å². The molecule has 2 aliphatic rings. The van der Waals surface area contributed by atoms with E-state index in [1.807, 2.05) is 74.2 Å². The summed E-state index contributed by atoms with van der Waals surface area (Å²) in [5.41, 5.74) is 2.81. The van der Waals surface area contributed by atoms with Crippen LogP contribution >= 0.6 is 0 Å². The molecule has 4 heterocycles. The lowest BCUT2D eigenvalue weighted by Gasteiger charge is -2.35. The molecule has 6 rings (SSSR count). The smallest absolute Gasteiger partial charge is 0.411 e. The van der Waals surface area contributed by atoms with Gasteiger partial charge in [-0.3, -0.25) is 14.3 Å². The van der Waals surface area contributed by atoms with Crippen LogP contribution in [0.15, 0.2) is 76.1 Å². The summed E-state index contributed by atoms with van der Waals surface area (Å²) in [6, 6.07) is 19.0. The molecular weight excluding hydrogens is 468 g/mol. The van der Waals surface area contributed by atoms with Crippen molar-refractivity contribution in [3.05, 3.63) is 94.1 Å². The molecule has 2 atom stereocenters. The third-order valence-electron chi connectivity index (χ3n) is 7.07. The molecule has 0 saturated carbocycles. The maximum atomic E-state index is 13.0. The van der Waals surface area contributed by atoms with E-state index in [1.54, 1.807) is 16.8 Å². The van der Waals surface area contributed by atoms with Crippen molar-refractivity contribution in [2.45, 2.75) is 64.3 Å². The fraction of sp³-hybridized carbons (Fsp3) is 0.333. The fourth-order valence-electron chi connectivity index (χ4n) is 5.50. The van der Waals surface area contributed by atoms with Gasteiger partial charge < -0.3 is 13.9 Å². The Hall–Kier alpha value is -4.00. The Kier molecular flexibility index (Phi) is 5.59. The minimum atomic E-state index is -0.542. The van der Waals surface area contributed by atoms with Crippen LogP contribution in [0.1, 0.15) is 56.5 Å². The monoisotopic (exact) mass is 498 g/mol. The first-order valence-electron chi connectivity index (χ1n) is 12.7. The number of furan rings is 1. The summed E-state index contributed by atoms with van der Waals surface area (Å²) in [5, 5.41) is 0.980. The average Bonchev–Trinajstić information content (AvgIpc) is 3.38. The number of pyridine rings is 1. The van der Waals surface area contributed by atoms with E-state index in [0.29, 0.717) is 24.5 Å². The first-order valence-corrected chi connectivity index (χ1v) is 12.7. The van der Waals surface area contributed by atoms with Gasteiger partial charge in [0, 0.05) is 41.7 Å². The maximum Gasteiger partial charge on any atom is 0.411 e. The van der Waals surface area contributed by atoms with Gasteiger partial charge in [0.1, 0.15) is 29.3 Å². The molecule has 2 bridgehead atoms. The molecule has 2 aromatic heterocycles. The Morgan fingerprint density at radius 1 is 1.05 bits per heavy atom. The molecule has 4 aromatic rings. The van der Waals surface area contributed by atoms with Crippen molar-refractivity contribution in [1.29, 1.82) is 0 Å². The Labute approximate surface area is 215 Å². The molecule has 1 amide bonds. The van der Waals surface area contributed by atoms with Crippen LogP contribution in [0.25, 0.3) is 16.7 Å². The predicted molar refractivity (Wildman–Crippen MR) is 140 cm³/mol. The van der Waals surface area contributed by atoms with Crippen LogP contribution in [0.4, 0.5) is 4.79 Å². The van der Waals surface area contributed by atoms with E-state index in [-0.39, 0.29) is 23.7 Å². The number of nitrogens with zero attached hydrogens (tertiary/aromatic N) is 2. The molecule has 0 N–H and O–H groups in total. The van der Waals surface area contributed by atoms with Gasteiger partial charge in [0.2, 0.25) is 0 Å². The summed E-state index contributed by atoms with van der Waals surface area (Å²) < 4.78 is 19.4. The van der Waals surface area contributed by atoms with Crippen LogP contribution in [0.5, 0.6) is 5.75 Å². The van der Waals surface area contributed by atoms with E-state index in [1.165, 1.54) is 6.07 Å². The molecule has 1 fully saturated rings. The SMILES string of the molecule is CC(C)(C)OC(=O)N1C2CCC1c1c(oc3cc(-n4ccc(OCc5ccccc5)cc4=O)ccc13)C2. The first-order chi connectivity index (χ1) is 17.8. The maximum absolute atomic E-state index is 13.0. The second-order valence-electron chi connectivity index (χ2n) is 10.8. The molecule has 2 aliphatic heterocycles. The van der Waals surface area contributed by atoms with E-state index in [2.05, 4.69) is 0 Å². The van der Waals surface area contributed by atoms with Gasteiger partial charge in [-0.25, -0.2) is 4.79 Å². The van der Waals surface area contributed by atoms with E-state index >= 15 is 0 Å². The summed E-state index contributed by atoms with van der Waals surface area (Å²) >= 11 is 0. The fourth-order valence-corrected chi connectivity index (χ4v) is 5.50. The Bertz CT molecular complexity index is 1530. The van der Waals surface area contributed by atoms with Crippen molar-refractivity contribution < 1.29 is 18.7 Å². The molecule has 0 aliphatic carbocycles. The minimum Gasteiger partial charge on any atom is -0.489 e. The highest BCUT2D eigenvalue weighted by atomic mass is 16.6. The zero-order valence-electron chi connectivity index (χ0n) is 21.3. The number of benzene rings is 2. The molecule has 1 saturated heterocycles. The van der Waals surface area contributed by atoms with Crippen LogP contribution in [0.2, 0.25) is 0 Å². The van der Waals surface area contributed by atoms with Gasteiger partial charge in [0.25, 0.3) is 5.56 Å². The highest BCUT2D eigenvalue weighted by Gasteiger charge is 2.46. The third-order valence-corrected chi connectivity index (χ3v) is 7.07. The van der Waals surface area contributed by atoms with E-state index in [9.17, 15) is 9.59 Å². The summed E-state index contributed by atoms with van der Waals surface area (Å²) in [5.74, 6) is 1.45. The first kappa shape index (κ1) is 23.4. The average molecular weight is 499 g/mol. The number of carbonyl (C=O) groups excluding carboxylic acids is 1. The molecule has 7 heteroatoms. The lowest BCUT2D eigenvalue weighted by Crippen LogP contribution is -2.44. The second kappa shape index (κ2) is 8.83. The van der Waals surface area contributed by atoms with Crippen LogP contribution in [0.3, 0.4) is 0 Å². The number of rotatable bonds is 4. The van der Waals surface area contributed by atoms with Gasteiger partial charge >= 0.3 is 6.09 Å². The number of amides is 1. The van der Waals surface area contributed by atoms with Crippen molar-refractivity contribution in [2.24, 2.45) is 0 Å². The molecule has 190 valence electrons. The number of hydrogen-bond acceptors (Lipinski definition) is 5. The molecule has 0 spiro atoms. The third kappa shape index (κ3) is 4.39. The van der Waals surface area contributed by atoms with Crippen molar-refractivity contribution in [3.8, 4) is 11.4 Å². The highest BCUT2D eigenvalue weighted by Crippen LogP contribution is 2.48. The lowest BCUT2D eigenvalue weighted by atomic mass is 9.97.